The van der Waals surface area contributed by atoms with Gasteiger partial charge in [0.15, 0.2) is 0 Å². The van der Waals surface area contributed by atoms with Crippen LogP contribution in [0.25, 0.3) is 0 Å². The number of hydrogen-bond acceptors (Lipinski definition) is 0. The fraction of sp³-hybridized carbons (Fsp3) is 1.00. The normalized spacial score (nSPS) is 17.0. The van der Waals surface area contributed by atoms with E-state index in [1.54, 1.807) is 0 Å². The van der Waals surface area contributed by atoms with Crippen LogP contribution in [0.5, 0.6) is 0 Å². The lowest BCUT2D eigenvalue weighted by Crippen LogP contribution is -2.08. The predicted molar refractivity (Wildman–Crippen MR) is 60.5 cm³/mol. The van der Waals surface area contributed by atoms with Crippen molar-refractivity contribution < 1.29 is 0 Å². The van der Waals surface area contributed by atoms with Crippen LogP contribution in [-0.4, -0.2) is 49.0 Å². The first-order valence-corrected chi connectivity index (χ1v) is 9.58. The molecule has 0 heterocycles. The first-order chi connectivity index (χ1) is 4.21. The van der Waals surface area contributed by atoms with Gasteiger partial charge >= 0.3 is 0 Å². The van der Waals surface area contributed by atoms with Gasteiger partial charge in [0, 0.05) is 0 Å². The van der Waals surface area contributed by atoms with Crippen molar-refractivity contribution in [3.63, 3.8) is 0 Å². The predicted octanol–water partition coefficient (Wildman–Crippen LogP) is 2.37. The molecule has 0 bridgehead atoms. The summed E-state index contributed by atoms with van der Waals surface area (Å²) in [4.78, 5) is 0. The van der Waals surface area contributed by atoms with Crippen molar-refractivity contribution in [2.24, 2.45) is 0 Å². The number of rotatable bonds is 3. The van der Waals surface area contributed by atoms with Crippen LogP contribution in [0.3, 0.4) is 0 Å². The number of hydrogen-bond donors (Lipinski definition) is 0. The molecule has 0 aromatic heterocycles. The van der Waals surface area contributed by atoms with E-state index in [9.17, 15) is 0 Å². The zero-order valence-corrected chi connectivity index (χ0v) is 9.86. The van der Waals surface area contributed by atoms with E-state index in [1.807, 2.05) is 0 Å². The standard InChI is InChI=1S/C8H22S2/c1-9(2,3)7-8-10(4,5)6/h7-8H2,1-6H3. The van der Waals surface area contributed by atoms with E-state index < -0.39 is 0 Å². The molecule has 0 radical (unpaired) electrons. The average Bonchev–Trinajstić information content (AvgIpc) is 1.57. The smallest absolute Gasteiger partial charge is 0.0159 e. The molecule has 0 unspecified atom stereocenters. The van der Waals surface area contributed by atoms with Crippen LogP contribution in [0.1, 0.15) is 0 Å². The minimum absolute atomic E-state index is 0.236. The fourth-order valence-electron chi connectivity index (χ4n) is 0.500. The van der Waals surface area contributed by atoms with Crippen LogP contribution in [-0.2, 0) is 0 Å². The quantitative estimate of drug-likeness (QED) is 0.629. The van der Waals surface area contributed by atoms with Gasteiger partial charge < -0.3 is 0 Å². The molecule has 0 aromatic carbocycles. The Kier molecular flexibility index (Phi) is 3.64. The summed E-state index contributed by atoms with van der Waals surface area (Å²) in [7, 11) is -0.473. The van der Waals surface area contributed by atoms with Gasteiger partial charge in [-0.25, -0.2) is 20.1 Å². The van der Waals surface area contributed by atoms with E-state index in [0.29, 0.717) is 0 Å². The molecule has 0 nitrogen and oxygen atoms in total. The van der Waals surface area contributed by atoms with Crippen molar-refractivity contribution in [3.05, 3.63) is 0 Å². The Hall–Kier alpha value is 0.700. The molecule has 0 saturated heterocycles. The van der Waals surface area contributed by atoms with Gasteiger partial charge in [0.2, 0.25) is 0 Å². The van der Waals surface area contributed by atoms with Gasteiger partial charge in [-0.15, -0.1) is 0 Å². The molecule has 0 aliphatic heterocycles. The Balaban J connectivity index is 3.56. The lowest BCUT2D eigenvalue weighted by molar-refractivity contribution is 1.49. The fourth-order valence-corrected chi connectivity index (χ4v) is 4.50. The van der Waals surface area contributed by atoms with Crippen molar-refractivity contribution in [2.75, 3.05) is 49.0 Å². The highest BCUT2D eigenvalue weighted by Gasteiger charge is 2.09. The molecule has 0 saturated carbocycles. The van der Waals surface area contributed by atoms with Crippen LogP contribution >= 0.6 is 20.1 Å². The highest BCUT2D eigenvalue weighted by atomic mass is 32.3. The summed E-state index contributed by atoms with van der Waals surface area (Å²) in [5, 5.41) is 0. The van der Waals surface area contributed by atoms with Gasteiger partial charge in [0.25, 0.3) is 0 Å². The molecule has 0 atom stereocenters. The molecule has 2 heteroatoms. The minimum Gasteiger partial charge on any atom is -0.249 e. The Morgan fingerprint density at radius 1 is 0.600 bits per heavy atom. The van der Waals surface area contributed by atoms with Crippen LogP contribution < -0.4 is 0 Å². The SMILES string of the molecule is CS(C)(C)CCS(C)(C)C. The molecule has 0 aliphatic carbocycles. The average molecular weight is 182 g/mol. The van der Waals surface area contributed by atoms with E-state index in [0.717, 1.165) is 0 Å². The van der Waals surface area contributed by atoms with E-state index in [1.165, 1.54) is 11.5 Å². The van der Waals surface area contributed by atoms with Crippen molar-refractivity contribution in [1.82, 2.24) is 0 Å². The minimum atomic E-state index is -0.236. The molecule has 0 amide bonds. The van der Waals surface area contributed by atoms with Crippen LogP contribution in [0.15, 0.2) is 0 Å². The van der Waals surface area contributed by atoms with Crippen LogP contribution in [0.2, 0.25) is 0 Å². The Morgan fingerprint density at radius 2 is 0.800 bits per heavy atom. The third kappa shape index (κ3) is 8.70. The van der Waals surface area contributed by atoms with Gasteiger partial charge in [-0.05, 0) is 49.0 Å². The van der Waals surface area contributed by atoms with Gasteiger partial charge in [0.1, 0.15) is 0 Å². The van der Waals surface area contributed by atoms with Crippen molar-refractivity contribution >= 4 is 20.1 Å². The third-order valence-corrected chi connectivity index (χ3v) is 4.42. The van der Waals surface area contributed by atoms with E-state index in [-0.39, 0.29) is 20.1 Å². The van der Waals surface area contributed by atoms with E-state index in [2.05, 4.69) is 37.5 Å². The van der Waals surface area contributed by atoms with Crippen molar-refractivity contribution in [3.8, 4) is 0 Å². The summed E-state index contributed by atoms with van der Waals surface area (Å²) in [6.07, 6.45) is 14.4. The molecule has 0 aliphatic rings. The maximum atomic E-state index is 2.40. The molecular weight excluding hydrogens is 160 g/mol. The first-order valence-electron chi connectivity index (χ1n) is 3.53. The second-order valence-electron chi connectivity index (χ2n) is 4.59. The van der Waals surface area contributed by atoms with Gasteiger partial charge in [-0.1, -0.05) is 0 Å². The highest BCUT2D eigenvalue weighted by Crippen LogP contribution is 2.42. The maximum Gasteiger partial charge on any atom is -0.0159 e. The second-order valence-corrected chi connectivity index (χ2v) is 13.8. The van der Waals surface area contributed by atoms with Crippen LogP contribution in [0, 0.1) is 0 Å². The largest absolute Gasteiger partial charge is 0.249 e. The lowest BCUT2D eigenvalue weighted by atomic mass is 11.0. The highest BCUT2D eigenvalue weighted by molar-refractivity contribution is 8.35. The zero-order chi connectivity index (χ0) is 8.41. The molecule has 0 fully saturated rings. The first kappa shape index (κ1) is 10.7. The molecule has 66 valence electrons. The van der Waals surface area contributed by atoms with Crippen LogP contribution in [0.4, 0.5) is 0 Å². The summed E-state index contributed by atoms with van der Waals surface area (Å²) in [6.45, 7) is 0. The van der Waals surface area contributed by atoms with Gasteiger partial charge in [0.05, 0.1) is 0 Å². The van der Waals surface area contributed by atoms with Gasteiger partial charge in [-0.2, -0.15) is 0 Å². The summed E-state index contributed by atoms with van der Waals surface area (Å²) < 4.78 is 0. The molecule has 0 rings (SSSR count). The third-order valence-electron chi connectivity index (χ3n) is 1.31. The Morgan fingerprint density at radius 3 is 0.900 bits per heavy atom. The topological polar surface area (TPSA) is 0 Å². The summed E-state index contributed by atoms with van der Waals surface area (Å²) in [6, 6.07) is 0. The van der Waals surface area contributed by atoms with E-state index >= 15 is 0 Å². The summed E-state index contributed by atoms with van der Waals surface area (Å²) in [5.41, 5.74) is 0. The molecular formula is C8H22S2. The lowest BCUT2D eigenvalue weighted by Gasteiger charge is -2.32. The molecule has 0 aromatic rings. The molecule has 10 heavy (non-hydrogen) atoms. The van der Waals surface area contributed by atoms with Crippen molar-refractivity contribution in [2.45, 2.75) is 0 Å². The summed E-state index contributed by atoms with van der Waals surface area (Å²) in [5.74, 6) is 2.90. The zero-order valence-electron chi connectivity index (χ0n) is 8.23. The summed E-state index contributed by atoms with van der Waals surface area (Å²) >= 11 is 0. The van der Waals surface area contributed by atoms with Crippen molar-refractivity contribution in [1.29, 1.82) is 0 Å². The van der Waals surface area contributed by atoms with E-state index in [4.69, 9.17) is 0 Å². The second kappa shape index (κ2) is 3.40. The molecule has 0 spiro atoms. The Labute approximate surface area is 69.4 Å². The van der Waals surface area contributed by atoms with Gasteiger partial charge in [-0.3, -0.25) is 0 Å². The molecule has 0 N–H and O–H groups in total. The maximum absolute atomic E-state index is 2.40. The monoisotopic (exact) mass is 182 g/mol. The Bertz CT molecular complexity index is 80.8.